The van der Waals surface area contributed by atoms with E-state index in [1.165, 1.54) is 0 Å². The molecule has 0 fully saturated rings. The van der Waals surface area contributed by atoms with E-state index in [1.807, 2.05) is 97.1 Å². The Morgan fingerprint density at radius 1 is 0.738 bits per heavy atom. The Morgan fingerprint density at radius 3 is 1.93 bits per heavy atom. The monoisotopic (exact) mass is 587 g/mol. The van der Waals surface area contributed by atoms with Gasteiger partial charge in [0.2, 0.25) is 7.37 Å². The minimum atomic E-state index is -4.03. The van der Waals surface area contributed by atoms with Crippen molar-refractivity contribution in [3.63, 3.8) is 0 Å². The van der Waals surface area contributed by atoms with Gasteiger partial charge in [-0.3, -0.25) is 9.36 Å². The summed E-state index contributed by atoms with van der Waals surface area (Å²) in [7, 11) is -4.03. The van der Waals surface area contributed by atoms with Gasteiger partial charge in [0.15, 0.2) is 0 Å². The predicted molar refractivity (Wildman–Crippen MR) is 160 cm³/mol. The number of hydrogen-bond donors (Lipinski definition) is 2. The highest BCUT2D eigenvalue weighted by Crippen LogP contribution is 2.48. The minimum Gasteiger partial charge on any atom is -0.461 e. The lowest BCUT2D eigenvalue weighted by molar-refractivity contribution is -0.145. The van der Waals surface area contributed by atoms with E-state index in [4.69, 9.17) is 14.2 Å². The zero-order valence-corrected chi connectivity index (χ0v) is 24.0. The average molecular weight is 588 g/mol. The number of ether oxygens (including phenoxy) is 3. The van der Waals surface area contributed by atoms with E-state index < -0.39 is 25.2 Å². The van der Waals surface area contributed by atoms with Crippen LogP contribution >= 0.6 is 7.37 Å². The van der Waals surface area contributed by atoms with Gasteiger partial charge in [0.1, 0.15) is 30.5 Å². The maximum atomic E-state index is 13.7. The first-order valence-electron chi connectivity index (χ1n) is 13.7. The van der Waals surface area contributed by atoms with E-state index in [1.54, 1.807) is 18.2 Å². The molecule has 8 nitrogen and oxygen atoms in total. The van der Waals surface area contributed by atoms with Crippen LogP contribution in [0.5, 0.6) is 11.5 Å². The second-order valence-corrected chi connectivity index (χ2v) is 12.2. The van der Waals surface area contributed by atoms with Gasteiger partial charge in [-0.05, 0) is 47.7 Å². The van der Waals surface area contributed by atoms with Crippen LogP contribution in [0.4, 0.5) is 4.79 Å². The Hall–Kier alpha value is -4.39. The number of aryl methyl sites for hydroxylation is 1. The summed E-state index contributed by atoms with van der Waals surface area (Å²) in [5, 5.41) is 2.53. The molecule has 2 N–H and O–H groups in total. The largest absolute Gasteiger partial charge is 0.461 e. The normalized spacial score (nSPS) is 12.9. The van der Waals surface area contributed by atoms with Crippen molar-refractivity contribution < 1.29 is 33.3 Å². The number of rotatable bonds is 14. The van der Waals surface area contributed by atoms with Gasteiger partial charge in [0.25, 0.3) is 0 Å². The SMILES string of the molecule is O=C(CCC(NC(=O)OCc1ccccc1)P(=O)(O)CCc1ccccc1Oc1ccccc1)OCc1ccccc1. The van der Waals surface area contributed by atoms with Crippen molar-refractivity contribution in [3.05, 3.63) is 132 Å². The summed E-state index contributed by atoms with van der Waals surface area (Å²) >= 11 is 0. The van der Waals surface area contributed by atoms with Crippen molar-refractivity contribution in [3.8, 4) is 11.5 Å². The van der Waals surface area contributed by atoms with E-state index >= 15 is 0 Å². The Labute approximate surface area is 245 Å². The van der Waals surface area contributed by atoms with Gasteiger partial charge in [-0.15, -0.1) is 0 Å². The molecule has 0 saturated carbocycles. The van der Waals surface area contributed by atoms with Gasteiger partial charge in [-0.1, -0.05) is 97.1 Å². The summed E-state index contributed by atoms with van der Waals surface area (Å²) < 4.78 is 30.3. The summed E-state index contributed by atoms with van der Waals surface area (Å²) in [6, 6.07) is 34.9. The summed E-state index contributed by atoms with van der Waals surface area (Å²) in [6.07, 6.45) is -1.03. The lowest BCUT2D eigenvalue weighted by Gasteiger charge is -2.24. The molecule has 0 aliphatic heterocycles. The first-order chi connectivity index (χ1) is 20.4. The van der Waals surface area contributed by atoms with E-state index in [2.05, 4.69) is 5.32 Å². The summed E-state index contributed by atoms with van der Waals surface area (Å²) in [5.74, 6) is -0.538. The first kappa shape index (κ1) is 30.6. The van der Waals surface area contributed by atoms with Crippen molar-refractivity contribution in [2.24, 2.45) is 0 Å². The number of carbonyl (C=O) groups excluding carboxylic acids is 2. The van der Waals surface area contributed by atoms with Crippen LogP contribution in [0.3, 0.4) is 0 Å². The lowest BCUT2D eigenvalue weighted by Crippen LogP contribution is -2.36. The van der Waals surface area contributed by atoms with Crippen LogP contribution in [0.25, 0.3) is 0 Å². The average Bonchev–Trinajstić information content (AvgIpc) is 3.02. The number of hydrogen-bond acceptors (Lipinski definition) is 6. The van der Waals surface area contributed by atoms with Crippen LogP contribution in [0, 0.1) is 0 Å². The first-order valence-corrected chi connectivity index (χ1v) is 15.6. The molecule has 4 aromatic carbocycles. The van der Waals surface area contributed by atoms with Crippen LogP contribution in [-0.2, 0) is 38.5 Å². The third-order valence-electron chi connectivity index (χ3n) is 6.49. The molecular formula is C33H34NO7P. The highest BCUT2D eigenvalue weighted by Gasteiger charge is 2.33. The standard InChI is InChI=1S/C33H34NO7P/c35-32(39-24-26-12-4-1-5-13-26)21-20-31(34-33(36)40-25-27-14-6-2-7-15-27)42(37,38)23-22-28-16-10-11-19-30(28)41-29-17-8-3-9-18-29/h1-19,31H,20-25H2,(H,34,36)(H,37,38). The molecule has 0 saturated heterocycles. The molecule has 2 atom stereocenters. The smallest absolute Gasteiger partial charge is 0.408 e. The zero-order valence-electron chi connectivity index (χ0n) is 23.1. The van der Waals surface area contributed by atoms with Crippen molar-refractivity contribution in [2.45, 2.75) is 38.3 Å². The molecule has 218 valence electrons. The van der Waals surface area contributed by atoms with E-state index in [0.717, 1.165) is 16.7 Å². The molecule has 0 aliphatic rings. The molecular weight excluding hydrogens is 553 g/mol. The Morgan fingerprint density at radius 2 is 1.29 bits per heavy atom. The van der Waals surface area contributed by atoms with Gasteiger partial charge in [-0.2, -0.15) is 0 Å². The van der Waals surface area contributed by atoms with Crippen LogP contribution in [-0.4, -0.2) is 28.9 Å². The van der Waals surface area contributed by atoms with Crippen molar-refractivity contribution in [1.82, 2.24) is 5.32 Å². The van der Waals surface area contributed by atoms with Crippen LogP contribution in [0.15, 0.2) is 115 Å². The molecule has 4 aromatic rings. The van der Waals surface area contributed by atoms with Gasteiger partial charge in [0.05, 0.1) is 0 Å². The van der Waals surface area contributed by atoms with E-state index in [0.29, 0.717) is 11.5 Å². The number of alkyl carbamates (subject to hydrolysis) is 1. The second kappa shape index (κ2) is 15.6. The maximum Gasteiger partial charge on any atom is 0.408 e. The summed E-state index contributed by atoms with van der Waals surface area (Å²) in [4.78, 5) is 36.3. The highest BCUT2D eigenvalue weighted by atomic mass is 31.2. The maximum absolute atomic E-state index is 13.7. The quantitative estimate of drug-likeness (QED) is 0.120. The van der Waals surface area contributed by atoms with Crippen LogP contribution < -0.4 is 10.1 Å². The molecule has 0 aliphatic carbocycles. The molecule has 42 heavy (non-hydrogen) atoms. The zero-order chi connectivity index (χ0) is 29.6. The molecule has 0 heterocycles. The number of benzene rings is 4. The third-order valence-corrected chi connectivity index (χ3v) is 8.72. The second-order valence-electron chi connectivity index (χ2n) is 9.66. The predicted octanol–water partition coefficient (Wildman–Crippen LogP) is 7.07. The van der Waals surface area contributed by atoms with E-state index in [9.17, 15) is 19.0 Å². The Bertz CT molecular complexity index is 1470. The lowest BCUT2D eigenvalue weighted by atomic mass is 10.1. The van der Waals surface area contributed by atoms with Gasteiger partial charge >= 0.3 is 12.1 Å². The Kier molecular flexibility index (Phi) is 11.3. The van der Waals surface area contributed by atoms with Gasteiger partial charge in [0, 0.05) is 12.6 Å². The van der Waals surface area contributed by atoms with Gasteiger partial charge in [-0.25, -0.2) is 4.79 Å². The molecule has 0 aromatic heterocycles. The van der Waals surface area contributed by atoms with Crippen LogP contribution in [0.2, 0.25) is 0 Å². The molecule has 4 rings (SSSR count). The molecule has 9 heteroatoms. The van der Waals surface area contributed by atoms with E-state index in [-0.39, 0.29) is 38.6 Å². The molecule has 0 spiro atoms. The third kappa shape index (κ3) is 9.91. The number of carbonyl (C=O) groups is 2. The highest BCUT2D eigenvalue weighted by molar-refractivity contribution is 7.58. The fourth-order valence-electron chi connectivity index (χ4n) is 4.20. The topological polar surface area (TPSA) is 111 Å². The molecule has 2 unspecified atom stereocenters. The Balaban J connectivity index is 1.40. The molecule has 0 radical (unpaired) electrons. The number of esters is 1. The summed E-state index contributed by atoms with van der Waals surface area (Å²) in [5.41, 5.74) is 2.34. The molecule has 0 bridgehead atoms. The number of nitrogens with one attached hydrogen (secondary N) is 1. The van der Waals surface area contributed by atoms with Crippen LogP contribution in [0.1, 0.15) is 29.5 Å². The van der Waals surface area contributed by atoms with Crippen molar-refractivity contribution in [1.29, 1.82) is 0 Å². The fraction of sp³-hybridized carbons (Fsp3) is 0.212. The molecule has 1 amide bonds. The minimum absolute atomic E-state index is 0.00155. The van der Waals surface area contributed by atoms with Crippen molar-refractivity contribution in [2.75, 3.05) is 6.16 Å². The fourth-order valence-corrected chi connectivity index (χ4v) is 5.91. The number of para-hydroxylation sites is 2. The summed E-state index contributed by atoms with van der Waals surface area (Å²) in [6.45, 7) is 0.0876. The van der Waals surface area contributed by atoms with Gasteiger partial charge < -0.3 is 24.4 Å². The number of amides is 1. The van der Waals surface area contributed by atoms with Crippen molar-refractivity contribution >= 4 is 19.4 Å².